The van der Waals surface area contributed by atoms with Crippen LogP contribution in [0.15, 0.2) is 36.4 Å². The minimum atomic E-state index is -0.423. The number of carbonyl (C=O) groups is 1. The number of benzene rings is 2. The van der Waals surface area contributed by atoms with E-state index in [0.29, 0.717) is 12.0 Å². The lowest BCUT2D eigenvalue weighted by Crippen LogP contribution is -2.10. The number of nitrogens with zero attached hydrogens (tertiary/aromatic N) is 1. The molecule has 1 aliphatic rings. The molecule has 0 fully saturated rings. The van der Waals surface area contributed by atoms with Crippen molar-refractivity contribution in [3.05, 3.63) is 52.5 Å². The molecule has 0 spiro atoms. The van der Waals surface area contributed by atoms with E-state index in [9.17, 15) is 4.79 Å². The predicted molar refractivity (Wildman–Crippen MR) is 83.5 cm³/mol. The summed E-state index contributed by atoms with van der Waals surface area (Å²) in [6.45, 7) is 0.274. The fraction of sp³-hybridized carbons (Fsp3) is 0.125. The molecule has 4 rings (SSSR count). The Morgan fingerprint density at radius 2 is 2.05 bits per heavy atom. The van der Waals surface area contributed by atoms with Crippen molar-refractivity contribution in [3.63, 3.8) is 0 Å². The summed E-state index contributed by atoms with van der Waals surface area (Å²) >= 11 is 1.57. The molecule has 0 atom stereocenters. The molecule has 0 aliphatic carbocycles. The van der Waals surface area contributed by atoms with Crippen LogP contribution in [0.4, 0.5) is 0 Å². The third-order valence-electron chi connectivity index (χ3n) is 3.51. The number of rotatable bonds is 3. The van der Waals surface area contributed by atoms with Gasteiger partial charge in [0.05, 0.1) is 15.2 Å². The van der Waals surface area contributed by atoms with Gasteiger partial charge in [-0.15, -0.1) is 11.3 Å². The molecular formula is C16H12N2O3S. The molecule has 1 aliphatic heterocycles. The van der Waals surface area contributed by atoms with Gasteiger partial charge >= 0.3 is 0 Å². The zero-order valence-electron chi connectivity index (χ0n) is 11.5. The fourth-order valence-electron chi connectivity index (χ4n) is 2.43. The van der Waals surface area contributed by atoms with Gasteiger partial charge in [-0.05, 0) is 35.9 Å². The van der Waals surface area contributed by atoms with Gasteiger partial charge in [0, 0.05) is 12.0 Å². The minimum absolute atomic E-state index is 0.274. The van der Waals surface area contributed by atoms with Gasteiger partial charge in [-0.3, -0.25) is 4.79 Å². The van der Waals surface area contributed by atoms with Crippen molar-refractivity contribution in [2.45, 2.75) is 6.42 Å². The van der Waals surface area contributed by atoms with Crippen molar-refractivity contribution in [1.29, 1.82) is 0 Å². The fourth-order valence-corrected chi connectivity index (χ4v) is 3.47. The Kier molecular flexibility index (Phi) is 2.97. The highest BCUT2D eigenvalue weighted by Crippen LogP contribution is 2.33. The average Bonchev–Trinajstić information content (AvgIpc) is 3.11. The number of thiazole rings is 1. The van der Waals surface area contributed by atoms with Crippen molar-refractivity contribution >= 4 is 27.5 Å². The summed E-state index contributed by atoms with van der Waals surface area (Å²) < 4.78 is 11.7. The second-order valence-corrected chi connectivity index (χ2v) is 6.13. The van der Waals surface area contributed by atoms with Gasteiger partial charge in [-0.2, -0.15) is 0 Å². The molecule has 110 valence electrons. The van der Waals surface area contributed by atoms with E-state index in [1.807, 2.05) is 24.3 Å². The second-order valence-electron chi connectivity index (χ2n) is 5.02. The Bertz CT molecular complexity index is 888. The molecule has 1 aromatic heterocycles. The summed E-state index contributed by atoms with van der Waals surface area (Å²) in [4.78, 5) is 15.8. The van der Waals surface area contributed by atoms with Crippen LogP contribution < -0.4 is 15.2 Å². The molecule has 3 aromatic rings. The summed E-state index contributed by atoms with van der Waals surface area (Å²) in [5, 5.41) is 0.982. The number of fused-ring (bicyclic) bond motifs is 2. The van der Waals surface area contributed by atoms with Gasteiger partial charge in [0.1, 0.15) is 0 Å². The van der Waals surface area contributed by atoms with E-state index in [2.05, 4.69) is 4.98 Å². The van der Waals surface area contributed by atoms with Crippen LogP contribution in [0.2, 0.25) is 0 Å². The van der Waals surface area contributed by atoms with Crippen molar-refractivity contribution in [3.8, 4) is 11.5 Å². The number of hydrogen-bond acceptors (Lipinski definition) is 5. The van der Waals surface area contributed by atoms with Crippen LogP contribution in [0.25, 0.3) is 10.2 Å². The summed E-state index contributed by atoms with van der Waals surface area (Å²) in [7, 11) is 0. The summed E-state index contributed by atoms with van der Waals surface area (Å²) in [5.41, 5.74) is 7.80. The molecule has 0 unspecified atom stereocenters. The highest BCUT2D eigenvalue weighted by Gasteiger charge is 2.14. The van der Waals surface area contributed by atoms with Crippen LogP contribution >= 0.6 is 11.3 Å². The van der Waals surface area contributed by atoms with Crippen LogP contribution in [0.5, 0.6) is 11.5 Å². The number of amides is 1. The smallest absolute Gasteiger partial charge is 0.248 e. The third kappa shape index (κ3) is 2.27. The molecule has 6 heteroatoms. The lowest BCUT2D eigenvalue weighted by molar-refractivity contribution is 0.100. The van der Waals surface area contributed by atoms with Gasteiger partial charge < -0.3 is 15.2 Å². The number of primary amides is 1. The van der Waals surface area contributed by atoms with Gasteiger partial charge in [0.15, 0.2) is 11.5 Å². The Labute approximate surface area is 130 Å². The van der Waals surface area contributed by atoms with Crippen LogP contribution in [0.1, 0.15) is 20.9 Å². The number of ether oxygens (including phenoxy) is 2. The Morgan fingerprint density at radius 3 is 2.91 bits per heavy atom. The molecular weight excluding hydrogens is 300 g/mol. The molecule has 2 heterocycles. The first-order valence-electron chi connectivity index (χ1n) is 6.77. The van der Waals surface area contributed by atoms with Crippen molar-refractivity contribution in [2.24, 2.45) is 5.73 Å². The van der Waals surface area contributed by atoms with Crippen LogP contribution in [0, 0.1) is 0 Å². The van der Waals surface area contributed by atoms with E-state index in [-0.39, 0.29) is 6.79 Å². The molecule has 1 amide bonds. The average molecular weight is 312 g/mol. The van der Waals surface area contributed by atoms with E-state index >= 15 is 0 Å². The van der Waals surface area contributed by atoms with Crippen molar-refractivity contribution < 1.29 is 14.3 Å². The first-order chi connectivity index (χ1) is 10.7. The molecule has 2 aromatic carbocycles. The maximum Gasteiger partial charge on any atom is 0.248 e. The summed E-state index contributed by atoms with van der Waals surface area (Å²) in [6.07, 6.45) is 0.710. The van der Waals surface area contributed by atoms with Gasteiger partial charge in [-0.1, -0.05) is 6.07 Å². The van der Waals surface area contributed by atoms with Crippen LogP contribution in [0.3, 0.4) is 0 Å². The molecule has 2 N–H and O–H groups in total. The zero-order chi connectivity index (χ0) is 15.1. The van der Waals surface area contributed by atoms with Gasteiger partial charge in [0.25, 0.3) is 0 Å². The predicted octanol–water partition coefficient (Wildman–Crippen LogP) is 2.71. The molecule has 0 bridgehead atoms. The highest BCUT2D eigenvalue weighted by molar-refractivity contribution is 7.18. The second kappa shape index (κ2) is 4.99. The molecule has 22 heavy (non-hydrogen) atoms. The van der Waals surface area contributed by atoms with Gasteiger partial charge in [-0.25, -0.2) is 4.98 Å². The maximum absolute atomic E-state index is 11.2. The first kappa shape index (κ1) is 13.1. The van der Waals surface area contributed by atoms with E-state index in [0.717, 1.165) is 32.3 Å². The Hall–Kier alpha value is -2.60. The van der Waals surface area contributed by atoms with E-state index in [4.69, 9.17) is 15.2 Å². The normalized spacial score (nSPS) is 12.7. The van der Waals surface area contributed by atoms with Crippen molar-refractivity contribution in [2.75, 3.05) is 6.79 Å². The quantitative estimate of drug-likeness (QED) is 0.807. The van der Waals surface area contributed by atoms with Crippen molar-refractivity contribution in [1.82, 2.24) is 4.98 Å². The Morgan fingerprint density at radius 1 is 1.18 bits per heavy atom. The van der Waals surface area contributed by atoms with Crippen LogP contribution in [-0.2, 0) is 6.42 Å². The standard InChI is InChI=1S/C16H12N2O3S/c17-16(19)10-2-3-11-14(7-10)22-15(18-11)6-9-1-4-12-13(5-9)21-8-20-12/h1-5,7H,6,8H2,(H2,17,19). The highest BCUT2D eigenvalue weighted by atomic mass is 32.1. The SMILES string of the molecule is NC(=O)c1ccc2nc(Cc3ccc4c(c3)OCO4)sc2c1. The monoisotopic (exact) mass is 312 g/mol. The Balaban J connectivity index is 1.65. The number of nitrogens with two attached hydrogens (primary N) is 1. The van der Waals surface area contributed by atoms with Gasteiger partial charge in [0.2, 0.25) is 12.7 Å². The summed E-state index contributed by atoms with van der Waals surface area (Å²) in [6, 6.07) is 11.2. The molecule has 5 nitrogen and oxygen atoms in total. The minimum Gasteiger partial charge on any atom is -0.454 e. The molecule has 0 saturated carbocycles. The largest absolute Gasteiger partial charge is 0.454 e. The van der Waals surface area contributed by atoms with E-state index in [1.54, 1.807) is 23.5 Å². The van der Waals surface area contributed by atoms with E-state index in [1.165, 1.54) is 0 Å². The lowest BCUT2D eigenvalue weighted by Gasteiger charge is -2.00. The third-order valence-corrected chi connectivity index (χ3v) is 4.53. The maximum atomic E-state index is 11.2. The topological polar surface area (TPSA) is 74.4 Å². The molecule has 0 saturated heterocycles. The number of hydrogen-bond donors (Lipinski definition) is 1. The number of carbonyl (C=O) groups excluding carboxylic acids is 1. The van der Waals surface area contributed by atoms with E-state index < -0.39 is 5.91 Å². The lowest BCUT2D eigenvalue weighted by atomic mass is 10.1. The molecule has 0 radical (unpaired) electrons. The first-order valence-corrected chi connectivity index (χ1v) is 7.58. The van der Waals surface area contributed by atoms with Crippen LogP contribution in [-0.4, -0.2) is 17.7 Å². The number of aromatic nitrogens is 1. The summed E-state index contributed by atoms with van der Waals surface area (Å²) in [5.74, 6) is 1.13. The zero-order valence-corrected chi connectivity index (χ0v) is 12.4.